The monoisotopic (exact) mass is 450 g/mol. The van der Waals surface area contributed by atoms with Crippen molar-refractivity contribution in [3.05, 3.63) is 11.6 Å². The minimum absolute atomic E-state index is 0.0759. The zero-order valence-corrected chi connectivity index (χ0v) is 15.8. The van der Waals surface area contributed by atoms with E-state index in [9.17, 15) is 8.42 Å². The molecule has 126 valence electrons. The summed E-state index contributed by atoms with van der Waals surface area (Å²) in [5.41, 5.74) is 0. The predicted octanol–water partition coefficient (Wildman–Crippen LogP) is 3.21. The molecule has 1 aromatic heterocycles. The van der Waals surface area contributed by atoms with Gasteiger partial charge in [0, 0.05) is 6.54 Å². The second-order valence-corrected chi connectivity index (χ2v) is 10.0. The quantitative estimate of drug-likeness (QED) is 0.401. The minimum Gasteiger partial charge on any atom is -0.354 e. The van der Waals surface area contributed by atoms with Crippen molar-refractivity contribution in [1.82, 2.24) is 15.0 Å². The molecule has 14 heteroatoms. The van der Waals surface area contributed by atoms with E-state index >= 15 is 0 Å². The third kappa shape index (κ3) is 7.35. The third-order valence-corrected chi connectivity index (χ3v) is 3.82. The Morgan fingerprint density at radius 3 is 1.77 bits per heavy atom. The molecule has 0 saturated carbocycles. The number of nitrogens with zero attached hydrogens (tertiary/aromatic N) is 3. The lowest BCUT2D eigenvalue weighted by Gasteiger charge is -2.15. The average Bonchev–Trinajstić information content (AvgIpc) is 2.31. The molecule has 1 rings (SSSR count). The molecule has 0 aliphatic rings. The highest BCUT2D eigenvalue weighted by Crippen LogP contribution is 2.40. The van der Waals surface area contributed by atoms with Gasteiger partial charge in [0.25, 0.3) is 10.1 Å². The Kier molecular flexibility index (Phi) is 7.05. The smallest absolute Gasteiger partial charge is 0.264 e. The predicted molar refractivity (Wildman–Crippen MR) is 87.8 cm³/mol. The molecule has 0 radical (unpaired) electrons. The Bertz CT molecular complexity index is 597. The van der Waals surface area contributed by atoms with Gasteiger partial charge in [-0.15, -0.1) is 0 Å². The van der Waals surface area contributed by atoms with Gasteiger partial charge in [-0.1, -0.05) is 69.6 Å². The van der Waals surface area contributed by atoms with E-state index in [1.807, 2.05) is 0 Å². The Morgan fingerprint density at radius 1 is 0.955 bits per heavy atom. The van der Waals surface area contributed by atoms with E-state index < -0.39 is 23.5 Å². The Morgan fingerprint density at radius 2 is 1.41 bits per heavy atom. The first-order valence-corrected chi connectivity index (χ1v) is 9.26. The molecule has 0 spiro atoms. The van der Waals surface area contributed by atoms with E-state index in [-0.39, 0.29) is 30.6 Å². The fourth-order valence-electron chi connectivity index (χ4n) is 1.16. The molecule has 0 amide bonds. The summed E-state index contributed by atoms with van der Waals surface area (Å²) >= 11 is 34.1. The number of hydrogen-bond donors (Lipinski definition) is 2. The van der Waals surface area contributed by atoms with Crippen LogP contribution in [0.3, 0.4) is 0 Å². The third-order valence-electron chi connectivity index (χ3n) is 2.00. The highest BCUT2D eigenvalue weighted by atomic mass is 35.6. The lowest BCUT2D eigenvalue weighted by atomic mass is 10.5. The largest absolute Gasteiger partial charge is 0.354 e. The summed E-state index contributed by atoms with van der Waals surface area (Å²) in [6.07, 6.45) is 0.0801. The molecule has 0 aliphatic carbocycles. The lowest BCUT2D eigenvalue weighted by molar-refractivity contribution is 0.481. The Labute approximate surface area is 156 Å². The van der Waals surface area contributed by atoms with Crippen LogP contribution in [0.25, 0.3) is 0 Å². The van der Waals surface area contributed by atoms with Gasteiger partial charge in [-0.3, -0.25) is 4.55 Å². The van der Waals surface area contributed by atoms with Crippen molar-refractivity contribution >= 4 is 85.7 Å². The van der Waals surface area contributed by atoms with E-state index in [2.05, 4.69) is 20.3 Å². The van der Waals surface area contributed by atoms with Crippen LogP contribution in [0.4, 0.5) is 5.95 Å². The summed E-state index contributed by atoms with van der Waals surface area (Å²) in [5.74, 6) is -1.06. The van der Waals surface area contributed by atoms with E-state index in [4.69, 9.17) is 74.2 Å². The van der Waals surface area contributed by atoms with E-state index in [0.29, 0.717) is 0 Å². The molecule has 0 atom stereocenters. The van der Waals surface area contributed by atoms with Crippen molar-refractivity contribution in [2.75, 3.05) is 17.6 Å². The number of nitrogens with one attached hydrogen (secondary N) is 1. The van der Waals surface area contributed by atoms with Crippen molar-refractivity contribution in [2.24, 2.45) is 0 Å². The molecule has 22 heavy (non-hydrogen) atoms. The first kappa shape index (κ1) is 20.5. The van der Waals surface area contributed by atoms with Gasteiger partial charge in [0.1, 0.15) is 0 Å². The van der Waals surface area contributed by atoms with Crippen molar-refractivity contribution in [3.63, 3.8) is 0 Å². The summed E-state index contributed by atoms with van der Waals surface area (Å²) in [6.45, 7) is 0.0996. The molecule has 0 aromatic carbocycles. The molecule has 0 fully saturated rings. The molecule has 1 aromatic rings. The maximum absolute atomic E-state index is 10.6. The maximum Gasteiger partial charge on any atom is 0.264 e. The molecular formula is C8H8Cl6N4O3S. The summed E-state index contributed by atoms with van der Waals surface area (Å²) < 4.78 is 25.9. The summed E-state index contributed by atoms with van der Waals surface area (Å²) in [7, 11) is -4.06. The molecule has 0 saturated heterocycles. The van der Waals surface area contributed by atoms with Gasteiger partial charge in [-0.2, -0.15) is 18.4 Å². The van der Waals surface area contributed by atoms with Crippen molar-refractivity contribution < 1.29 is 13.0 Å². The number of anilines is 1. The second-order valence-electron chi connectivity index (χ2n) is 3.87. The van der Waals surface area contributed by atoms with Gasteiger partial charge in [0.05, 0.1) is 5.75 Å². The van der Waals surface area contributed by atoms with Crippen LogP contribution in [-0.2, 0) is 17.7 Å². The molecular weight excluding hydrogens is 445 g/mol. The first-order chi connectivity index (χ1) is 9.79. The highest BCUT2D eigenvalue weighted by Gasteiger charge is 2.33. The van der Waals surface area contributed by atoms with Crippen molar-refractivity contribution in [2.45, 2.75) is 14.0 Å². The van der Waals surface area contributed by atoms with Gasteiger partial charge < -0.3 is 5.32 Å². The summed E-state index contributed by atoms with van der Waals surface area (Å²) in [4.78, 5) is 11.4. The molecule has 1 heterocycles. The van der Waals surface area contributed by atoms with Gasteiger partial charge >= 0.3 is 0 Å². The molecule has 7 nitrogen and oxygen atoms in total. The van der Waals surface area contributed by atoms with Gasteiger partial charge in [-0.05, 0) is 6.42 Å². The van der Waals surface area contributed by atoms with E-state index in [1.54, 1.807) is 0 Å². The molecule has 0 aliphatic heterocycles. The van der Waals surface area contributed by atoms with Crippen molar-refractivity contribution in [3.8, 4) is 0 Å². The standard InChI is InChI=1S/C8H8Cl6N4O3S/c9-7(10,11)4-16-5(8(12,13)14)18-6(17-4)15-2-1-3-22(19,20)21/h1-3H2,(H,19,20,21)(H,15,16,17,18). The average molecular weight is 453 g/mol. The second kappa shape index (κ2) is 7.57. The van der Waals surface area contributed by atoms with Crippen molar-refractivity contribution in [1.29, 1.82) is 0 Å². The molecule has 2 N–H and O–H groups in total. The zero-order chi connectivity index (χ0) is 17.2. The number of aromatic nitrogens is 3. The normalized spacial score (nSPS) is 13.2. The number of rotatable bonds is 5. The van der Waals surface area contributed by atoms with Crippen LogP contribution in [0.5, 0.6) is 0 Å². The van der Waals surface area contributed by atoms with Crippen LogP contribution in [0.15, 0.2) is 0 Å². The topological polar surface area (TPSA) is 105 Å². The summed E-state index contributed by atoms with van der Waals surface area (Å²) in [5, 5.41) is 2.65. The zero-order valence-electron chi connectivity index (χ0n) is 10.4. The van der Waals surface area contributed by atoms with Crippen LogP contribution in [0, 0.1) is 0 Å². The SMILES string of the molecule is O=S(=O)(O)CCCNc1nc(C(Cl)(Cl)Cl)nc(C(Cl)(Cl)Cl)n1. The molecule has 0 unspecified atom stereocenters. The summed E-state index contributed by atoms with van der Waals surface area (Å²) in [6, 6.07) is 0. The molecule has 0 bridgehead atoms. The van der Waals surface area contributed by atoms with Gasteiger partial charge in [0.2, 0.25) is 13.5 Å². The van der Waals surface area contributed by atoms with Crippen LogP contribution in [0.2, 0.25) is 0 Å². The number of halogens is 6. The van der Waals surface area contributed by atoms with Gasteiger partial charge in [0.15, 0.2) is 11.6 Å². The van der Waals surface area contributed by atoms with Gasteiger partial charge in [-0.25, -0.2) is 4.98 Å². The highest BCUT2D eigenvalue weighted by molar-refractivity contribution is 7.85. The van der Waals surface area contributed by atoms with Crippen LogP contribution in [-0.4, -0.2) is 40.2 Å². The Hall–Kier alpha value is 0.460. The van der Waals surface area contributed by atoms with Crippen LogP contribution >= 0.6 is 69.6 Å². The lowest BCUT2D eigenvalue weighted by Crippen LogP contribution is -2.19. The van der Waals surface area contributed by atoms with E-state index in [0.717, 1.165) is 0 Å². The fourth-order valence-corrected chi connectivity index (χ4v) is 2.18. The van der Waals surface area contributed by atoms with Crippen LogP contribution < -0.4 is 5.32 Å². The minimum atomic E-state index is -4.06. The van der Waals surface area contributed by atoms with Crippen LogP contribution in [0.1, 0.15) is 18.1 Å². The Balaban J connectivity index is 2.94. The number of hydrogen-bond acceptors (Lipinski definition) is 6. The maximum atomic E-state index is 10.6. The first-order valence-electron chi connectivity index (χ1n) is 5.38. The fraction of sp³-hybridized carbons (Fsp3) is 0.625. The number of alkyl halides is 6. The van der Waals surface area contributed by atoms with E-state index in [1.165, 1.54) is 0 Å².